The number of nitriles is 1. The topological polar surface area (TPSA) is 106 Å². The van der Waals surface area contributed by atoms with Gasteiger partial charge in [0.15, 0.2) is 0 Å². The maximum Gasteiger partial charge on any atom is 0.317 e. The van der Waals surface area contributed by atoms with Crippen molar-refractivity contribution in [3.05, 3.63) is 0 Å². The lowest BCUT2D eigenvalue weighted by Gasteiger charge is -2.35. The van der Waals surface area contributed by atoms with E-state index in [0.29, 0.717) is 26.2 Å². The summed E-state index contributed by atoms with van der Waals surface area (Å²) in [4.78, 5) is 37.6. The average molecular weight is 251 g/mol. The van der Waals surface area contributed by atoms with Crippen molar-refractivity contribution in [1.29, 1.82) is 5.26 Å². The van der Waals surface area contributed by atoms with Gasteiger partial charge in [-0.2, -0.15) is 5.26 Å². The van der Waals surface area contributed by atoms with Crippen LogP contribution in [0.3, 0.4) is 0 Å². The minimum atomic E-state index is -0.776. The molecule has 0 aromatic carbocycles. The van der Waals surface area contributed by atoms with Crippen LogP contribution in [0.15, 0.2) is 0 Å². The number of nitrogens with zero attached hydrogens (tertiary/aromatic N) is 3. The van der Waals surface area contributed by atoms with E-state index in [1.165, 1.54) is 4.90 Å². The Balaban J connectivity index is 1.92. The summed E-state index contributed by atoms with van der Waals surface area (Å²) in [5.41, 5.74) is 0. The molecule has 2 fully saturated rings. The minimum absolute atomic E-state index is 0.0704. The Bertz CT molecular complexity index is 430. The van der Waals surface area contributed by atoms with Crippen LogP contribution in [0.2, 0.25) is 0 Å². The van der Waals surface area contributed by atoms with Crippen molar-refractivity contribution in [3.63, 3.8) is 0 Å². The summed E-state index contributed by atoms with van der Waals surface area (Å²) in [6, 6.07) is 1.54. The van der Waals surface area contributed by atoms with Gasteiger partial charge in [-0.25, -0.2) is 4.79 Å². The molecule has 2 aliphatic rings. The minimum Gasteiger partial charge on any atom is -0.336 e. The van der Waals surface area contributed by atoms with Crippen LogP contribution in [-0.2, 0) is 9.59 Å². The molecule has 0 spiro atoms. The van der Waals surface area contributed by atoms with Crippen molar-refractivity contribution in [1.82, 2.24) is 20.4 Å². The van der Waals surface area contributed by atoms with Gasteiger partial charge in [-0.15, -0.1) is 0 Å². The lowest BCUT2D eigenvalue weighted by Crippen LogP contribution is -2.56. The molecule has 2 rings (SSSR count). The number of hydrogen-bond acceptors (Lipinski definition) is 4. The van der Waals surface area contributed by atoms with E-state index in [1.807, 2.05) is 0 Å². The molecule has 1 unspecified atom stereocenters. The van der Waals surface area contributed by atoms with E-state index < -0.39 is 11.8 Å². The maximum atomic E-state index is 11.8. The van der Waals surface area contributed by atoms with Crippen LogP contribution in [0.1, 0.15) is 0 Å². The first-order chi connectivity index (χ1) is 8.63. The molecule has 0 radical (unpaired) electrons. The van der Waals surface area contributed by atoms with Crippen LogP contribution in [0.4, 0.5) is 4.79 Å². The fourth-order valence-electron chi connectivity index (χ4n) is 2.13. The van der Waals surface area contributed by atoms with E-state index in [0.717, 1.165) is 0 Å². The van der Waals surface area contributed by atoms with Gasteiger partial charge in [0.05, 0.1) is 12.1 Å². The number of nitrogens with one attached hydrogen (secondary N) is 2. The molecule has 0 bridgehead atoms. The number of urea groups is 1. The van der Waals surface area contributed by atoms with E-state index in [2.05, 4.69) is 10.6 Å². The summed E-state index contributed by atoms with van der Waals surface area (Å²) >= 11 is 0. The zero-order valence-corrected chi connectivity index (χ0v) is 9.68. The molecule has 0 aromatic rings. The molecule has 2 aliphatic heterocycles. The second kappa shape index (κ2) is 4.91. The number of amides is 4. The Morgan fingerprint density at radius 1 is 1.50 bits per heavy atom. The van der Waals surface area contributed by atoms with Gasteiger partial charge in [-0.1, -0.05) is 0 Å². The fourth-order valence-corrected chi connectivity index (χ4v) is 2.13. The van der Waals surface area contributed by atoms with Crippen molar-refractivity contribution >= 4 is 17.8 Å². The summed E-state index contributed by atoms with van der Waals surface area (Å²) in [7, 11) is 0. The maximum absolute atomic E-state index is 11.8. The van der Waals surface area contributed by atoms with Gasteiger partial charge in [-0.3, -0.25) is 9.59 Å². The molecule has 2 saturated heterocycles. The normalized spacial score (nSPS) is 21.9. The molecule has 0 saturated carbocycles. The highest BCUT2D eigenvalue weighted by Gasteiger charge is 2.38. The van der Waals surface area contributed by atoms with Crippen molar-refractivity contribution in [2.24, 2.45) is 0 Å². The zero-order valence-electron chi connectivity index (χ0n) is 9.68. The molecular formula is C10H13N5O3. The van der Waals surface area contributed by atoms with Crippen LogP contribution in [-0.4, -0.2) is 66.4 Å². The number of hydrogen-bond donors (Lipinski definition) is 2. The Kier molecular flexibility index (Phi) is 3.32. The zero-order chi connectivity index (χ0) is 13.1. The third kappa shape index (κ3) is 2.20. The Hall–Kier alpha value is -2.30. The van der Waals surface area contributed by atoms with Crippen molar-refractivity contribution in [2.75, 3.05) is 32.7 Å². The quantitative estimate of drug-likeness (QED) is 0.410. The lowest BCUT2D eigenvalue weighted by molar-refractivity contribution is -0.147. The van der Waals surface area contributed by atoms with Crippen LogP contribution in [0, 0.1) is 11.3 Å². The molecule has 8 nitrogen and oxygen atoms in total. The van der Waals surface area contributed by atoms with Gasteiger partial charge >= 0.3 is 17.8 Å². The Morgan fingerprint density at radius 3 is 3.00 bits per heavy atom. The molecular weight excluding hydrogens is 238 g/mol. The number of fused-ring (bicyclic) bond motifs is 1. The number of carbonyl (C=O) groups excluding carboxylic acids is 3. The molecule has 0 aromatic heterocycles. The molecule has 1 atom stereocenters. The second-order valence-electron chi connectivity index (χ2n) is 4.13. The van der Waals surface area contributed by atoms with E-state index in [-0.39, 0.29) is 18.6 Å². The summed E-state index contributed by atoms with van der Waals surface area (Å²) in [5.74, 6) is -1.42. The van der Waals surface area contributed by atoms with Crippen LogP contribution in [0.25, 0.3) is 0 Å². The number of piperazine rings is 1. The van der Waals surface area contributed by atoms with E-state index in [4.69, 9.17) is 5.26 Å². The van der Waals surface area contributed by atoms with Gasteiger partial charge in [-0.05, 0) is 0 Å². The van der Waals surface area contributed by atoms with Gasteiger partial charge < -0.3 is 20.4 Å². The van der Waals surface area contributed by atoms with E-state index in [9.17, 15) is 14.4 Å². The first kappa shape index (κ1) is 12.2. The molecule has 2 N–H and O–H groups in total. The molecule has 96 valence electrons. The second-order valence-corrected chi connectivity index (χ2v) is 4.13. The highest BCUT2D eigenvalue weighted by molar-refractivity contribution is 6.35. The summed E-state index contributed by atoms with van der Waals surface area (Å²) < 4.78 is 0. The van der Waals surface area contributed by atoms with Gasteiger partial charge in [0.25, 0.3) is 0 Å². The molecule has 8 heteroatoms. The summed E-state index contributed by atoms with van der Waals surface area (Å²) in [5, 5.41) is 13.2. The summed E-state index contributed by atoms with van der Waals surface area (Å²) in [6.45, 7) is 1.41. The third-order valence-electron chi connectivity index (χ3n) is 3.04. The number of carbonyl (C=O) groups is 3. The molecule has 0 aliphatic carbocycles. The fraction of sp³-hybridized carbons (Fsp3) is 0.600. The van der Waals surface area contributed by atoms with Crippen LogP contribution < -0.4 is 10.6 Å². The van der Waals surface area contributed by atoms with Crippen LogP contribution >= 0.6 is 0 Å². The molecule has 18 heavy (non-hydrogen) atoms. The smallest absolute Gasteiger partial charge is 0.317 e. The first-order valence-corrected chi connectivity index (χ1v) is 5.62. The van der Waals surface area contributed by atoms with E-state index in [1.54, 1.807) is 11.0 Å². The SMILES string of the molecule is N#CCNC(=O)C(=O)N1CCN2C(=O)NCC2C1. The van der Waals surface area contributed by atoms with Crippen molar-refractivity contribution in [3.8, 4) is 6.07 Å². The Labute approximate surface area is 104 Å². The highest BCUT2D eigenvalue weighted by Crippen LogP contribution is 2.14. The van der Waals surface area contributed by atoms with Crippen LogP contribution in [0.5, 0.6) is 0 Å². The first-order valence-electron chi connectivity index (χ1n) is 5.62. The lowest BCUT2D eigenvalue weighted by atomic mass is 10.2. The third-order valence-corrected chi connectivity index (χ3v) is 3.04. The van der Waals surface area contributed by atoms with Gasteiger partial charge in [0, 0.05) is 26.2 Å². The average Bonchev–Trinajstić information content (AvgIpc) is 2.76. The van der Waals surface area contributed by atoms with Gasteiger partial charge in [0.2, 0.25) is 0 Å². The van der Waals surface area contributed by atoms with Crippen molar-refractivity contribution < 1.29 is 14.4 Å². The molecule has 4 amide bonds. The standard InChI is InChI=1S/C10H13N5O3/c11-1-2-12-8(16)9(17)14-3-4-15-7(6-14)5-13-10(15)18/h7H,2-6H2,(H,12,16)(H,13,18). The molecule has 2 heterocycles. The predicted molar refractivity (Wildman–Crippen MR) is 59.1 cm³/mol. The monoisotopic (exact) mass is 251 g/mol. The largest absolute Gasteiger partial charge is 0.336 e. The van der Waals surface area contributed by atoms with Gasteiger partial charge in [0.1, 0.15) is 6.54 Å². The van der Waals surface area contributed by atoms with Crippen molar-refractivity contribution in [2.45, 2.75) is 6.04 Å². The summed E-state index contributed by atoms with van der Waals surface area (Å²) in [6.07, 6.45) is 0. The Morgan fingerprint density at radius 2 is 2.28 bits per heavy atom. The number of rotatable bonds is 1. The highest BCUT2D eigenvalue weighted by atomic mass is 16.2. The predicted octanol–water partition coefficient (Wildman–Crippen LogP) is -2.14. The van der Waals surface area contributed by atoms with E-state index >= 15 is 0 Å².